The first-order valence-corrected chi connectivity index (χ1v) is 13.0. The molecule has 0 saturated heterocycles. The number of nitrogens with one attached hydrogen (secondary N) is 1. The molecule has 0 radical (unpaired) electrons. The molecule has 0 spiro atoms. The van der Waals surface area contributed by atoms with E-state index in [0.717, 1.165) is 39.3 Å². The first-order chi connectivity index (χ1) is 11.8. The summed E-state index contributed by atoms with van der Waals surface area (Å²) in [6.07, 6.45) is 1.60. The van der Waals surface area contributed by atoms with Gasteiger partial charge in [-0.25, -0.2) is 4.79 Å². The summed E-state index contributed by atoms with van der Waals surface area (Å²) in [7, 11) is 0. The molecule has 0 bridgehead atoms. The minimum Gasteiger partial charge on any atom is -0.448 e. The Kier molecular flexibility index (Phi) is 14.4. The summed E-state index contributed by atoms with van der Waals surface area (Å²) in [5.74, 6) is 7.60. The SMILES string of the molecule is CSc1ccccc1NC(=O)OCCSCCSCCSCCS. The average molecular weight is 424 g/mol. The van der Waals surface area contributed by atoms with E-state index >= 15 is 0 Å². The highest BCUT2D eigenvalue weighted by Gasteiger charge is 2.06. The number of rotatable bonds is 13. The van der Waals surface area contributed by atoms with Gasteiger partial charge in [-0.3, -0.25) is 5.32 Å². The van der Waals surface area contributed by atoms with E-state index in [4.69, 9.17) is 4.74 Å². The van der Waals surface area contributed by atoms with Crippen LogP contribution < -0.4 is 5.32 Å². The van der Waals surface area contributed by atoms with Gasteiger partial charge in [0.05, 0.1) is 5.69 Å². The van der Waals surface area contributed by atoms with Crippen molar-refractivity contribution in [3.8, 4) is 0 Å². The van der Waals surface area contributed by atoms with E-state index in [1.165, 1.54) is 11.5 Å². The highest BCUT2D eigenvalue weighted by molar-refractivity contribution is 8.04. The number of amides is 1. The molecule has 0 aliphatic heterocycles. The lowest BCUT2D eigenvalue weighted by Gasteiger charge is -2.09. The van der Waals surface area contributed by atoms with Crippen molar-refractivity contribution in [2.75, 3.05) is 58.4 Å². The zero-order valence-corrected chi connectivity index (χ0v) is 18.0. The number of thiol groups is 1. The third-order valence-electron chi connectivity index (χ3n) is 2.78. The topological polar surface area (TPSA) is 38.3 Å². The lowest BCUT2D eigenvalue weighted by molar-refractivity contribution is 0.169. The molecule has 24 heavy (non-hydrogen) atoms. The lowest BCUT2D eigenvalue weighted by atomic mass is 10.3. The summed E-state index contributed by atoms with van der Waals surface area (Å²) in [6, 6.07) is 7.72. The Hall–Kier alpha value is 0.240. The molecule has 1 N–H and O–H groups in total. The largest absolute Gasteiger partial charge is 0.448 e. The van der Waals surface area contributed by atoms with Crippen molar-refractivity contribution in [3.05, 3.63) is 24.3 Å². The van der Waals surface area contributed by atoms with Gasteiger partial charge in [0.15, 0.2) is 0 Å². The van der Waals surface area contributed by atoms with Crippen molar-refractivity contribution in [1.82, 2.24) is 0 Å². The van der Waals surface area contributed by atoms with Gasteiger partial charge in [0.1, 0.15) is 6.61 Å². The standard InChI is InChI=1S/C16H25NO2S5/c1-21-15-5-3-2-4-14(15)17-16(18)19-6-8-22-10-12-24-13-11-23-9-7-20/h2-5,20H,6-13H2,1H3,(H,17,18). The fourth-order valence-electron chi connectivity index (χ4n) is 1.69. The summed E-state index contributed by atoms with van der Waals surface area (Å²) in [5.41, 5.74) is 0.801. The second kappa shape index (κ2) is 15.5. The van der Waals surface area contributed by atoms with Crippen LogP contribution in [0, 0.1) is 0 Å². The second-order valence-corrected chi connectivity index (χ2v) is 9.49. The molecule has 0 heterocycles. The zero-order valence-electron chi connectivity index (χ0n) is 13.9. The molecule has 1 aromatic rings. The van der Waals surface area contributed by atoms with E-state index < -0.39 is 0 Å². The van der Waals surface area contributed by atoms with Gasteiger partial charge >= 0.3 is 6.09 Å². The van der Waals surface area contributed by atoms with Crippen molar-refractivity contribution in [2.24, 2.45) is 0 Å². The first-order valence-electron chi connectivity index (χ1n) is 7.68. The van der Waals surface area contributed by atoms with E-state index in [0.29, 0.717) is 6.61 Å². The van der Waals surface area contributed by atoms with Crippen LogP contribution in [0.2, 0.25) is 0 Å². The number of benzene rings is 1. The number of hydrogen-bond acceptors (Lipinski definition) is 7. The molecular weight excluding hydrogens is 399 g/mol. The van der Waals surface area contributed by atoms with E-state index in [-0.39, 0.29) is 6.09 Å². The second-order valence-electron chi connectivity index (χ2n) is 4.52. The molecule has 0 saturated carbocycles. The van der Waals surface area contributed by atoms with Gasteiger partial charge in [0, 0.05) is 39.4 Å². The Morgan fingerprint density at radius 2 is 1.67 bits per heavy atom. The number of para-hydroxylation sites is 1. The fourth-order valence-corrected chi connectivity index (χ4v) is 5.46. The van der Waals surface area contributed by atoms with E-state index in [1.54, 1.807) is 11.8 Å². The van der Waals surface area contributed by atoms with Crippen molar-refractivity contribution in [3.63, 3.8) is 0 Å². The molecule has 136 valence electrons. The maximum Gasteiger partial charge on any atom is 0.411 e. The van der Waals surface area contributed by atoms with Gasteiger partial charge in [-0.1, -0.05) is 12.1 Å². The number of thioether (sulfide) groups is 4. The van der Waals surface area contributed by atoms with Crippen molar-refractivity contribution >= 4 is 71.5 Å². The van der Waals surface area contributed by atoms with Crippen LogP contribution in [0.5, 0.6) is 0 Å². The Morgan fingerprint density at radius 3 is 2.33 bits per heavy atom. The normalized spacial score (nSPS) is 10.6. The van der Waals surface area contributed by atoms with Crippen LogP contribution >= 0.6 is 59.7 Å². The molecule has 1 amide bonds. The number of carbonyl (C=O) groups excluding carboxylic acids is 1. The molecule has 0 atom stereocenters. The molecule has 0 aliphatic rings. The summed E-state index contributed by atoms with van der Waals surface area (Å²) in [5, 5.41) is 2.79. The van der Waals surface area contributed by atoms with Crippen LogP contribution in [-0.4, -0.2) is 59.2 Å². The molecule has 0 aliphatic carbocycles. The van der Waals surface area contributed by atoms with Gasteiger partial charge in [-0.15, -0.1) is 11.8 Å². The summed E-state index contributed by atoms with van der Waals surface area (Å²) >= 11 is 11.6. The minimum atomic E-state index is -0.382. The Morgan fingerprint density at radius 1 is 1.04 bits per heavy atom. The lowest BCUT2D eigenvalue weighted by Crippen LogP contribution is -2.15. The molecule has 0 aromatic heterocycles. The number of hydrogen-bond donors (Lipinski definition) is 2. The third-order valence-corrected chi connectivity index (χ3v) is 7.54. The van der Waals surface area contributed by atoms with Crippen molar-refractivity contribution in [1.29, 1.82) is 0 Å². The van der Waals surface area contributed by atoms with Crippen LogP contribution in [0.15, 0.2) is 29.2 Å². The van der Waals surface area contributed by atoms with Crippen LogP contribution in [0.3, 0.4) is 0 Å². The van der Waals surface area contributed by atoms with Crippen LogP contribution in [0.25, 0.3) is 0 Å². The molecule has 0 fully saturated rings. The molecule has 8 heteroatoms. The Bertz CT molecular complexity index is 462. The third kappa shape index (κ3) is 11.0. The van der Waals surface area contributed by atoms with E-state index in [2.05, 4.69) is 17.9 Å². The van der Waals surface area contributed by atoms with Gasteiger partial charge in [0.25, 0.3) is 0 Å². The van der Waals surface area contributed by atoms with Crippen LogP contribution in [0.1, 0.15) is 0 Å². The van der Waals surface area contributed by atoms with E-state index in [9.17, 15) is 4.79 Å². The number of carbonyl (C=O) groups is 1. The Labute approximate surface area is 168 Å². The highest BCUT2D eigenvalue weighted by atomic mass is 32.2. The van der Waals surface area contributed by atoms with Gasteiger partial charge in [-0.2, -0.15) is 47.9 Å². The summed E-state index contributed by atoms with van der Waals surface area (Å²) < 4.78 is 5.22. The van der Waals surface area contributed by atoms with Crippen LogP contribution in [0.4, 0.5) is 10.5 Å². The smallest absolute Gasteiger partial charge is 0.411 e. The fraction of sp³-hybridized carbons (Fsp3) is 0.562. The number of ether oxygens (including phenoxy) is 1. The average Bonchev–Trinajstić information content (AvgIpc) is 2.60. The monoisotopic (exact) mass is 423 g/mol. The van der Waals surface area contributed by atoms with Crippen LogP contribution in [-0.2, 0) is 4.74 Å². The van der Waals surface area contributed by atoms with Crippen molar-refractivity contribution < 1.29 is 9.53 Å². The van der Waals surface area contributed by atoms with Gasteiger partial charge in [-0.05, 0) is 24.1 Å². The molecule has 1 aromatic carbocycles. The molecular formula is C16H25NO2S5. The summed E-state index contributed by atoms with van der Waals surface area (Å²) in [4.78, 5) is 12.8. The number of anilines is 1. The Balaban J connectivity index is 1.98. The molecule has 3 nitrogen and oxygen atoms in total. The molecule has 1 rings (SSSR count). The first kappa shape index (κ1) is 22.3. The predicted molar refractivity (Wildman–Crippen MR) is 119 cm³/mol. The zero-order chi connectivity index (χ0) is 17.5. The summed E-state index contributed by atoms with van der Waals surface area (Å²) in [6.45, 7) is 0.445. The van der Waals surface area contributed by atoms with Gasteiger partial charge < -0.3 is 4.74 Å². The maximum absolute atomic E-state index is 11.8. The quantitative estimate of drug-likeness (QED) is 0.262. The van der Waals surface area contributed by atoms with Gasteiger partial charge in [0.2, 0.25) is 0 Å². The van der Waals surface area contributed by atoms with Crippen molar-refractivity contribution in [2.45, 2.75) is 4.90 Å². The van der Waals surface area contributed by atoms with E-state index in [1.807, 2.05) is 65.8 Å². The predicted octanol–water partition coefficient (Wildman–Crippen LogP) is 5.09. The highest BCUT2D eigenvalue weighted by Crippen LogP contribution is 2.24. The minimum absolute atomic E-state index is 0.382. The maximum atomic E-state index is 11.8. The molecule has 0 unspecified atom stereocenters.